The fraction of sp³-hybridized carbons (Fsp3) is 0.0909. The van der Waals surface area contributed by atoms with Crippen LogP contribution in [0.4, 0.5) is 5.69 Å². The molecule has 0 aliphatic heterocycles. The highest BCUT2D eigenvalue weighted by Gasteiger charge is 2.14. The van der Waals surface area contributed by atoms with E-state index in [0.717, 1.165) is 43.2 Å². The Bertz CT molecular complexity index is 1320. The maximum Gasteiger partial charge on any atom is 0.244 e. The van der Waals surface area contributed by atoms with Gasteiger partial charge in [0.2, 0.25) is 5.91 Å². The van der Waals surface area contributed by atoms with E-state index in [2.05, 4.69) is 20.3 Å². The molecule has 3 heterocycles. The number of hydrogen-bond acceptors (Lipinski definition) is 5. The molecule has 1 N–H and O–H groups in total. The molecule has 1 amide bonds. The lowest BCUT2D eigenvalue weighted by Gasteiger charge is -2.12. The summed E-state index contributed by atoms with van der Waals surface area (Å²) < 4.78 is 1.85. The molecule has 0 atom stereocenters. The Morgan fingerprint density at radius 2 is 1.90 bits per heavy atom. The number of aromatic nitrogens is 4. The Balaban J connectivity index is 1.41. The first-order chi connectivity index (χ1) is 14.2. The van der Waals surface area contributed by atoms with Gasteiger partial charge in [0, 0.05) is 17.4 Å². The Labute approximate surface area is 170 Å². The Kier molecular flexibility index (Phi) is 4.29. The summed E-state index contributed by atoms with van der Waals surface area (Å²) in [6.45, 7) is 2.20. The summed E-state index contributed by atoms with van der Waals surface area (Å²) in [5, 5.41) is 3.93. The van der Waals surface area contributed by atoms with Crippen LogP contribution < -0.4 is 5.32 Å². The van der Waals surface area contributed by atoms with Gasteiger partial charge in [0.25, 0.3) is 0 Å². The summed E-state index contributed by atoms with van der Waals surface area (Å²) in [7, 11) is 0. The molecule has 0 unspecified atom stereocenters. The van der Waals surface area contributed by atoms with Crippen molar-refractivity contribution in [3.8, 4) is 10.6 Å². The van der Waals surface area contributed by atoms with Crippen molar-refractivity contribution in [3.05, 3.63) is 72.7 Å². The highest BCUT2D eigenvalue weighted by Crippen LogP contribution is 2.33. The van der Waals surface area contributed by atoms with Crippen molar-refractivity contribution >= 4 is 44.3 Å². The van der Waals surface area contributed by atoms with Gasteiger partial charge in [0.15, 0.2) is 0 Å². The average molecular weight is 399 g/mol. The van der Waals surface area contributed by atoms with Gasteiger partial charge < -0.3 is 9.88 Å². The van der Waals surface area contributed by atoms with Crippen molar-refractivity contribution in [2.24, 2.45) is 0 Å². The van der Waals surface area contributed by atoms with Crippen LogP contribution in [-0.2, 0) is 11.3 Å². The number of imidazole rings is 1. The second kappa shape index (κ2) is 7.10. The van der Waals surface area contributed by atoms with Gasteiger partial charge in [0.1, 0.15) is 21.9 Å². The second-order valence-corrected chi connectivity index (χ2v) is 7.71. The van der Waals surface area contributed by atoms with Crippen LogP contribution in [0.2, 0.25) is 0 Å². The van der Waals surface area contributed by atoms with Crippen molar-refractivity contribution in [1.82, 2.24) is 19.5 Å². The standard InChI is InChI=1S/C22H17N5OS/c1-14-15(21-26-18-9-5-11-23-22(18)29-21)6-4-8-16(14)25-20(28)12-27-13-24-17-7-2-3-10-19(17)27/h2-11,13H,12H2,1H3,(H,25,28). The van der Waals surface area contributed by atoms with Crippen LogP contribution in [0.25, 0.3) is 32.0 Å². The maximum absolute atomic E-state index is 12.7. The predicted molar refractivity (Wildman–Crippen MR) is 116 cm³/mol. The fourth-order valence-electron chi connectivity index (χ4n) is 3.37. The fourth-order valence-corrected chi connectivity index (χ4v) is 4.36. The Hall–Kier alpha value is -3.58. The summed E-state index contributed by atoms with van der Waals surface area (Å²) in [5.74, 6) is -0.0978. The minimum atomic E-state index is -0.0978. The lowest BCUT2D eigenvalue weighted by Crippen LogP contribution is -2.18. The average Bonchev–Trinajstić information content (AvgIpc) is 3.34. The summed E-state index contributed by atoms with van der Waals surface area (Å²) in [5.41, 5.74) is 5.46. The van der Waals surface area contributed by atoms with E-state index in [-0.39, 0.29) is 12.5 Å². The number of thiazole rings is 1. The molecule has 0 spiro atoms. The van der Waals surface area contributed by atoms with Crippen LogP contribution in [0.5, 0.6) is 0 Å². The van der Waals surface area contributed by atoms with Gasteiger partial charge in [-0.1, -0.05) is 35.6 Å². The summed E-state index contributed by atoms with van der Waals surface area (Å²) in [4.78, 5) is 27.0. The molecule has 0 saturated heterocycles. The smallest absolute Gasteiger partial charge is 0.244 e. The van der Waals surface area contributed by atoms with Gasteiger partial charge in [-0.25, -0.2) is 15.0 Å². The Morgan fingerprint density at radius 1 is 1.03 bits per heavy atom. The molecule has 0 saturated carbocycles. The monoisotopic (exact) mass is 399 g/mol. The van der Waals surface area contributed by atoms with Crippen molar-refractivity contribution in [3.63, 3.8) is 0 Å². The number of amides is 1. The number of carbonyl (C=O) groups is 1. The summed E-state index contributed by atoms with van der Waals surface area (Å²) in [6.07, 6.45) is 3.47. The Morgan fingerprint density at radius 3 is 2.79 bits per heavy atom. The third kappa shape index (κ3) is 3.25. The molecule has 142 valence electrons. The lowest BCUT2D eigenvalue weighted by atomic mass is 10.1. The molecule has 0 aliphatic carbocycles. The van der Waals surface area contributed by atoms with E-state index in [0.29, 0.717) is 0 Å². The number of carbonyl (C=O) groups excluding carboxylic acids is 1. The first-order valence-corrected chi connectivity index (χ1v) is 10.0. The maximum atomic E-state index is 12.7. The second-order valence-electron chi connectivity index (χ2n) is 6.73. The van der Waals surface area contributed by atoms with Gasteiger partial charge >= 0.3 is 0 Å². The zero-order chi connectivity index (χ0) is 19.8. The molecular weight excluding hydrogens is 382 g/mol. The normalized spacial score (nSPS) is 11.2. The van der Waals surface area contributed by atoms with Crippen molar-refractivity contribution in [2.45, 2.75) is 13.5 Å². The number of rotatable bonds is 4. The summed E-state index contributed by atoms with van der Waals surface area (Å²) in [6, 6.07) is 17.5. The minimum Gasteiger partial charge on any atom is -0.324 e. The quantitative estimate of drug-likeness (QED) is 0.477. The van der Waals surface area contributed by atoms with E-state index in [1.165, 1.54) is 0 Å². The molecule has 0 fully saturated rings. The van der Waals surface area contributed by atoms with E-state index in [4.69, 9.17) is 0 Å². The van der Waals surface area contributed by atoms with Crippen molar-refractivity contribution < 1.29 is 4.79 Å². The number of anilines is 1. The van der Waals surface area contributed by atoms with Gasteiger partial charge in [0.05, 0.1) is 17.4 Å². The number of para-hydroxylation sites is 2. The molecular formula is C22H17N5OS. The topological polar surface area (TPSA) is 72.7 Å². The van der Waals surface area contributed by atoms with Crippen LogP contribution in [0.15, 0.2) is 67.1 Å². The van der Waals surface area contributed by atoms with Crippen molar-refractivity contribution in [1.29, 1.82) is 0 Å². The van der Waals surface area contributed by atoms with E-state index in [1.54, 1.807) is 23.9 Å². The molecule has 7 heteroatoms. The molecule has 0 radical (unpaired) electrons. The SMILES string of the molecule is Cc1c(NC(=O)Cn2cnc3ccccc32)cccc1-c1nc2cccnc2s1. The van der Waals surface area contributed by atoms with Crippen molar-refractivity contribution in [2.75, 3.05) is 5.32 Å². The van der Waals surface area contributed by atoms with Crippen LogP contribution in [0.3, 0.4) is 0 Å². The predicted octanol–water partition coefficient (Wildman–Crippen LogP) is 4.66. The number of fused-ring (bicyclic) bond motifs is 2. The number of nitrogens with zero attached hydrogens (tertiary/aromatic N) is 4. The molecule has 3 aromatic heterocycles. The highest BCUT2D eigenvalue weighted by atomic mass is 32.1. The van der Waals surface area contributed by atoms with Crippen LogP contribution in [-0.4, -0.2) is 25.4 Å². The first-order valence-electron chi connectivity index (χ1n) is 9.20. The number of pyridine rings is 1. The molecule has 5 aromatic rings. The van der Waals surface area contributed by atoms with Gasteiger partial charge in [-0.15, -0.1) is 0 Å². The molecule has 6 nitrogen and oxygen atoms in total. The zero-order valence-corrected chi connectivity index (χ0v) is 16.5. The third-order valence-corrected chi connectivity index (χ3v) is 5.86. The van der Waals surface area contributed by atoms with E-state index >= 15 is 0 Å². The lowest BCUT2D eigenvalue weighted by molar-refractivity contribution is -0.116. The third-order valence-electron chi connectivity index (χ3n) is 4.85. The molecule has 2 aromatic carbocycles. The molecule has 5 rings (SSSR count). The van der Waals surface area contributed by atoms with Crippen LogP contribution in [0, 0.1) is 6.92 Å². The highest BCUT2D eigenvalue weighted by molar-refractivity contribution is 7.21. The molecule has 0 aliphatic rings. The largest absolute Gasteiger partial charge is 0.324 e. The molecule has 0 bridgehead atoms. The van der Waals surface area contributed by atoms with Gasteiger partial charge in [-0.2, -0.15) is 0 Å². The number of benzene rings is 2. The number of hydrogen-bond donors (Lipinski definition) is 1. The van der Waals surface area contributed by atoms with E-state index in [1.807, 2.05) is 66.1 Å². The van der Waals surface area contributed by atoms with Crippen LogP contribution >= 0.6 is 11.3 Å². The van der Waals surface area contributed by atoms with Gasteiger partial charge in [-0.3, -0.25) is 4.79 Å². The van der Waals surface area contributed by atoms with E-state index in [9.17, 15) is 4.79 Å². The zero-order valence-electron chi connectivity index (χ0n) is 15.7. The molecule has 29 heavy (non-hydrogen) atoms. The van der Waals surface area contributed by atoms with E-state index < -0.39 is 0 Å². The first kappa shape index (κ1) is 17.5. The summed E-state index contributed by atoms with van der Waals surface area (Å²) >= 11 is 1.55. The number of nitrogens with one attached hydrogen (secondary N) is 1. The van der Waals surface area contributed by atoms with Gasteiger partial charge in [-0.05, 0) is 42.8 Å². The minimum absolute atomic E-state index is 0.0978. The van der Waals surface area contributed by atoms with Crippen LogP contribution in [0.1, 0.15) is 5.56 Å².